The Balaban J connectivity index is 2.29. The van der Waals surface area contributed by atoms with Gasteiger partial charge >= 0.3 is 6.18 Å². The molecule has 1 saturated carbocycles. The first kappa shape index (κ1) is 16.7. The highest BCUT2D eigenvalue weighted by Gasteiger charge is 2.38. The van der Waals surface area contributed by atoms with E-state index in [0.29, 0.717) is 6.61 Å². The molecule has 1 fully saturated rings. The molecule has 0 saturated heterocycles. The molecule has 114 valence electrons. The van der Waals surface area contributed by atoms with E-state index in [4.69, 9.17) is 9.47 Å². The van der Waals surface area contributed by atoms with Crippen LogP contribution in [0.25, 0.3) is 0 Å². The molecular weight excluding hydrogens is 263 g/mol. The predicted molar refractivity (Wildman–Crippen MR) is 63.9 cm³/mol. The molecule has 1 aliphatic carbocycles. The molecule has 0 aromatic carbocycles. The quantitative estimate of drug-likeness (QED) is 0.696. The normalized spacial score (nSPS) is 19.7. The summed E-state index contributed by atoms with van der Waals surface area (Å²) in [5.74, 6) is 0. The van der Waals surface area contributed by atoms with Crippen molar-refractivity contribution in [1.82, 2.24) is 4.90 Å². The number of aliphatic hydroxyl groups is 1. The van der Waals surface area contributed by atoms with Crippen LogP contribution in [0.3, 0.4) is 0 Å². The second kappa shape index (κ2) is 7.42. The molecule has 0 heterocycles. The number of aliphatic hydroxyl groups excluding tert-OH is 1. The molecule has 0 spiro atoms. The fourth-order valence-electron chi connectivity index (χ4n) is 1.89. The second-order valence-electron chi connectivity index (χ2n) is 5.03. The summed E-state index contributed by atoms with van der Waals surface area (Å²) in [6.45, 7) is 1.21. The minimum Gasteiger partial charge on any atom is -0.389 e. The van der Waals surface area contributed by atoms with E-state index in [1.54, 1.807) is 6.92 Å². The van der Waals surface area contributed by atoms with Crippen molar-refractivity contribution in [3.05, 3.63) is 0 Å². The Labute approximate surface area is 111 Å². The molecule has 1 rings (SSSR count). The molecule has 4 nitrogen and oxygen atoms in total. The second-order valence-corrected chi connectivity index (χ2v) is 5.03. The van der Waals surface area contributed by atoms with Crippen LogP contribution >= 0.6 is 0 Å². The SMILES string of the molecule is COCC(C)OCC(O)CN(CC(F)(F)F)C1CC1. The zero-order valence-electron chi connectivity index (χ0n) is 11.3. The summed E-state index contributed by atoms with van der Waals surface area (Å²) in [5, 5.41) is 9.74. The van der Waals surface area contributed by atoms with Crippen LogP contribution in [0.15, 0.2) is 0 Å². The van der Waals surface area contributed by atoms with Gasteiger partial charge in [-0.15, -0.1) is 0 Å². The van der Waals surface area contributed by atoms with E-state index in [9.17, 15) is 18.3 Å². The summed E-state index contributed by atoms with van der Waals surface area (Å²) >= 11 is 0. The minimum atomic E-state index is -4.23. The van der Waals surface area contributed by atoms with E-state index in [-0.39, 0.29) is 25.3 Å². The Bertz CT molecular complexity index is 259. The van der Waals surface area contributed by atoms with Crippen molar-refractivity contribution in [2.45, 2.75) is 44.2 Å². The zero-order valence-corrected chi connectivity index (χ0v) is 11.3. The largest absolute Gasteiger partial charge is 0.401 e. The topological polar surface area (TPSA) is 41.9 Å². The van der Waals surface area contributed by atoms with Gasteiger partial charge in [-0.1, -0.05) is 0 Å². The molecule has 0 amide bonds. The summed E-state index contributed by atoms with van der Waals surface area (Å²) in [4.78, 5) is 1.29. The van der Waals surface area contributed by atoms with Gasteiger partial charge < -0.3 is 14.6 Å². The predicted octanol–water partition coefficient (Wildman–Crippen LogP) is 1.43. The molecule has 0 aromatic rings. The van der Waals surface area contributed by atoms with Crippen LogP contribution in [0.4, 0.5) is 13.2 Å². The third-order valence-electron chi connectivity index (χ3n) is 2.87. The van der Waals surface area contributed by atoms with Crippen LogP contribution in [-0.2, 0) is 9.47 Å². The molecule has 2 unspecified atom stereocenters. The summed E-state index contributed by atoms with van der Waals surface area (Å²) in [6, 6.07) is -0.0485. The van der Waals surface area contributed by atoms with Crippen molar-refractivity contribution in [3.63, 3.8) is 0 Å². The maximum atomic E-state index is 12.4. The number of hydrogen-bond donors (Lipinski definition) is 1. The Morgan fingerprint density at radius 2 is 1.95 bits per heavy atom. The van der Waals surface area contributed by atoms with Crippen LogP contribution < -0.4 is 0 Å². The van der Waals surface area contributed by atoms with Crippen LogP contribution in [-0.4, -0.2) is 67.8 Å². The van der Waals surface area contributed by atoms with Crippen molar-refractivity contribution in [2.75, 3.05) is 33.4 Å². The van der Waals surface area contributed by atoms with Crippen LogP contribution in [0, 0.1) is 0 Å². The summed E-state index contributed by atoms with van der Waals surface area (Å²) in [7, 11) is 1.54. The van der Waals surface area contributed by atoms with Crippen molar-refractivity contribution in [2.24, 2.45) is 0 Å². The molecule has 0 aliphatic heterocycles. The van der Waals surface area contributed by atoms with Gasteiger partial charge in [-0.3, -0.25) is 4.90 Å². The van der Waals surface area contributed by atoms with Gasteiger partial charge in [0.2, 0.25) is 0 Å². The summed E-state index contributed by atoms with van der Waals surface area (Å²) in [5.41, 5.74) is 0. The van der Waals surface area contributed by atoms with Crippen LogP contribution in [0.5, 0.6) is 0 Å². The molecule has 2 atom stereocenters. The van der Waals surface area contributed by atoms with Gasteiger partial charge in [-0.05, 0) is 19.8 Å². The van der Waals surface area contributed by atoms with Gasteiger partial charge in [0, 0.05) is 19.7 Å². The Hall–Kier alpha value is -0.370. The van der Waals surface area contributed by atoms with Crippen molar-refractivity contribution in [3.8, 4) is 0 Å². The lowest BCUT2D eigenvalue weighted by Crippen LogP contribution is -2.42. The van der Waals surface area contributed by atoms with E-state index in [1.807, 2.05) is 0 Å². The summed E-state index contributed by atoms with van der Waals surface area (Å²) in [6.07, 6.45) is -3.79. The Morgan fingerprint density at radius 3 is 2.42 bits per heavy atom. The van der Waals surface area contributed by atoms with E-state index in [1.165, 1.54) is 12.0 Å². The molecular formula is C12H22F3NO3. The van der Waals surface area contributed by atoms with Gasteiger partial charge in [0.05, 0.1) is 32.0 Å². The first-order valence-electron chi connectivity index (χ1n) is 6.41. The average Bonchev–Trinajstić information content (AvgIpc) is 3.07. The number of hydrogen-bond acceptors (Lipinski definition) is 4. The average molecular weight is 285 g/mol. The third-order valence-corrected chi connectivity index (χ3v) is 2.87. The molecule has 1 aliphatic rings. The van der Waals surface area contributed by atoms with E-state index in [2.05, 4.69) is 0 Å². The highest BCUT2D eigenvalue weighted by molar-refractivity contribution is 4.86. The smallest absolute Gasteiger partial charge is 0.389 e. The number of methoxy groups -OCH3 is 1. The summed E-state index contributed by atoms with van der Waals surface area (Å²) < 4.78 is 47.3. The maximum Gasteiger partial charge on any atom is 0.401 e. The Morgan fingerprint density at radius 1 is 1.32 bits per heavy atom. The number of nitrogens with zero attached hydrogens (tertiary/aromatic N) is 1. The number of halogens is 3. The van der Waals surface area contributed by atoms with Crippen molar-refractivity contribution < 1.29 is 27.8 Å². The van der Waals surface area contributed by atoms with Gasteiger partial charge in [0.15, 0.2) is 0 Å². The van der Waals surface area contributed by atoms with E-state index < -0.39 is 18.8 Å². The molecule has 19 heavy (non-hydrogen) atoms. The van der Waals surface area contributed by atoms with E-state index >= 15 is 0 Å². The highest BCUT2D eigenvalue weighted by Crippen LogP contribution is 2.30. The molecule has 7 heteroatoms. The number of ether oxygens (including phenoxy) is 2. The lowest BCUT2D eigenvalue weighted by molar-refractivity contribution is -0.151. The number of rotatable bonds is 9. The monoisotopic (exact) mass is 285 g/mol. The van der Waals surface area contributed by atoms with Crippen LogP contribution in [0.2, 0.25) is 0 Å². The molecule has 0 bridgehead atoms. The lowest BCUT2D eigenvalue weighted by atomic mass is 10.3. The van der Waals surface area contributed by atoms with Gasteiger partial charge in [0.25, 0.3) is 0 Å². The van der Waals surface area contributed by atoms with E-state index in [0.717, 1.165) is 12.8 Å². The standard InChI is InChI=1S/C12H22F3NO3/c1-9(6-18-2)19-7-11(17)5-16(10-3-4-10)8-12(13,14)15/h9-11,17H,3-8H2,1-2H3. The van der Waals surface area contributed by atoms with Gasteiger partial charge in [-0.2, -0.15) is 13.2 Å². The maximum absolute atomic E-state index is 12.4. The first-order chi connectivity index (χ1) is 8.81. The minimum absolute atomic E-state index is 0.0100. The third kappa shape index (κ3) is 7.71. The first-order valence-corrected chi connectivity index (χ1v) is 6.41. The Kier molecular flexibility index (Phi) is 6.52. The molecule has 1 N–H and O–H groups in total. The van der Waals surface area contributed by atoms with Crippen LogP contribution in [0.1, 0.15) is 19.8 Å². The fourth-order valence-corrected chi connectivity index (χ4v) is 1.89. The van der Waals surface area contributed by atoms with Gasteiger partial charge in [-0.25, -0.2) is 0 Å². The zero-order chi connectivity index (χ0) is 14.5. The van der Waals surface area contributed by atoms with Crippen molar-refractivity contribution in [1.29, 1.82) is 0 Å². The lowest BCUT2D eigenvalue weighted by Gasteiger charge is -2.26. The number of alkyl halides is 3. The van der Waals surface area contributed by atoms with Crippen molar-refractivity contribution >= 4 is 0 Å². The molecule has 0 radical (unpaired) electrons. The van der Waals surface area contributed by atoms with Gasteiger partial charge in [0.1, 0.15) is 0 Å². The fraction of sp³-hybridized carbons (Fsp3) is 1.00. The molecule has 0 aromatic heterocycles. The highest BCUT2D eigenvalue weighted by atomic mass is 19.4.